The summed E-state index contributed by atoms with van der Waals surface area (Å²) in [6, 6.07) is 6.38. The number of anilines is 1. The van der Waals surface area contributed by atoms with Crippen LogP contribution in [0.15, 0.2) is 34.1 Å². The summed E-state index contributed by atoms with van der Waals surface area (Å²) >= 11 is 4.40. The smallest absolute Gasteiger partial charge is 0.346 e. The molecule has 2 rings (SSSR count). The molecule has 1 heterocycles. The number of hydrogen-bond acceptors (Lipinski definition) is 3. The molecule has 0 fully saturated rings. The maximum absolute atomic E-state index is 13.5. The number of carboxylic acid groups (broad SMARTS) is 1. The Labute approximate surface area is 115 Å². The Morgan fingerprint density at radius 3 is 2.89 bits per heavy atom. The topological polar surface area (TPSA) is 49.3 Å². The molecule has 2 aromatic rings. The number of para-hydroxylation sites is 1. The summed E-state index contributed by atoms with van der Waals surface area (Å²) in [7, 11) is 0. The first-order valence-corrected chi connectivity index (χ1v) is 6.74. The summed E-state index contributed by atoms with van der Waals surface area (Å²) in [5, 5.41) is 13.6. The maximum atomic E-state index is 13.5. The highest BCUT2D eigenvalue weighted by atomic mass is 79.9. The van der Waals surface area contributed by atoms with Crippen molar-refractivity contribution in [3.8, 4) is 0 Å². The number of carbonyl (C=O) groups is 1. The van der Waals surface area contributed by atoms with Crippen LogP contribution in [-0.4, -0.2) is 11.1 Å². The minimum absolute atomic E-state index is 0.269. The molecule has 0 bridgehead atoms. The Bertz CT molecular complexity index is 565. The molecule has 0 radical (unpaired) electrons. The van der Waals surface area contributed by atoms with E-state index in [2.05, 4.69) is 21.2 Å². The quantitative estimate of drug-likeness (QED) is 0.892. The predicted octanol–water partition coefficient (Wildman–Crippen LogP) is 3.96. The molecule has 0 atom stereocenters. The van der Waals surface area contributed by atoms with Crippen molar-refractivity contribution in [3.05, 3.63) is 50.4 Å². The highest BCUT2D eigenvalue weighted by molar-refractivity contribution is 9.10. The van der Waals surface area contributed by atoms with Crippen LogP contribution >= 0.6 is 27.3 Å². The lowest BCUT2D eigenvalue weighted by Gasteiger charge is -2.09. The fourth-order valence-corrected chi connectivity index (χ4v) is 2.76. The normalized spacial score (nSPS) is 10.3. The van der Waals surface area contributed by atoms with Crippen molar-refractivity contribution in [1.82, 2.24) is 0 Å². The summed E-state index contributed by atoms with van der Waals surface area (Å²) in [5.41, 5.74) is 0.975. The van der Waals surface area contributed by atoms with E-state index in [0.29, 0.717) is 15.7 Å². The van der Waals surface area contributed by atoms with Gasteiger partial charge in [0.05, 0.1) is 5.69 Å². The minimum atomic E-state index is -0.964. The lowest BCUT2D eigenvalue weighted by Crippen LogP contribution is -2.05. The first-order valence-electron chi connectivity index (χ1n) is 5.07. The summed E-state index contributed by atoms with van der Waals surface area (Å²) in [6.45, 7) is 0.269. The van der Waals surface area contributed by atoms with E-state index in [1.807, 2.05) is 0 Å². The van der Waals surface area contributed by atoms with Gasteiger partial charge in [0.1, 0.15) is 10.7 Å². The third kappa shape index (κ3) is 2.70. The Morgan fingerprint density at radius 2 is 2.22 bits per heavy atom. The van der Waals surface area contributed by atoms with Crippen LogP contribution in [0.25, 0.3) is 0 Å². The standard InChI is InChI=1S/C12H9BrFNO2S/c13-8-2-1-3-9(14)10(8)15-6-7-4-5-18-11(7)12(16)17/h1-5,15H,6H2,(H,16,17). The molecule has 0 saturated carbocycles. The minimum Gasteiger partial charge on any atom is -0.477 e. The average molecular weight is 330 g/mol. The van der Waals surface area contributed by atoms with Gasteiger partial charge in [0.15, 0.2) is 0 Å². The van der Waals surface area contributed by atoms with Gasteiger partial charge in [-0.2, -0.15) is 0 Å². The number of hydrogen-bond donors (Lipinski definition) is 2. The number of nitrogens with one attached hydrogen (secondary N) is 1. The number of halogens is 2. The first-order chi connectivity index (χ1) is 8.59. The predicted molar refractivity (Wildman–Crippen MR) is 72.7 cm³/mol. The Hall–Kier alpha value is -1.40. The van der Waals surface area contributed by atoms with Gasteiger partial charge in [-0.15, -0.1) is 11.3 Å². The van der Waals surface area contributed by atoms with E-state index >= 15 is 0 Å². The molecule has 94 valence electrons. The fraction of sp³-hybridized carbons (Fsp3) is 0.0833. The molecule has 18 heavy (non-hydrogen) atoms. The molecule has 1 aromatic heterocycles. The van der Waals surface area contributed by atoms with Gasteiger partial charge < -0.3 is 10.4 Å². The van der Waals surface area contributed by atoms with Gasteiger partial charge in [0.25, 0.3) is 0 Å². The van der Waals surface area contributed by atoms with Crippen LogP contribution in [0.5, 0.6) is 0 Å². The van der Waals surface area contributed by atoms with E-state index in [9.17, 15) is 9.18 Å². The lowest BCUT2D eigenvalue weighted by atomic mass is 10.2. The van der Waals surface area contributed by atoms with Gasteiger partial charge in [0, 0.05) is 11.0 Å². The van der Waals surface area contributed by atoms with Gasteiger partial charge in [-0.05, 0) is 45.1 Å². The Morgan fingerprint density at radius 1 is 1.44 bits per heavy atom. The van der Waals surface area contributed by atoms with Gasteiger partial charge in [0.2, 0.25) is 0 Å². The Kier molecular flexibility index (Phi) is 3.98. The Balaban J connectivity index is 2.17. The van der Waals surface area contributed by atoms with E-state index in [0.717, 1.165) is 11.3 Å². The molecule has 3 nitrogen and oxygen atoms in total. The molecule has 0 aliphatic rings. The molecular formula is C12H9BrFNO2S. The highest BCUT2D eigenvalue weighted by Crippen LogP contribution is 2.26. The second kappa shape index (κ2) is 5.49. The van der Waals surface area contributed by atoms with Crippen molar-refractivity contribution < 1.29 is 14.3 Å². The molecule has 1 aromatic carbocycles. The second-order valence-corrected chi connectivity index (χ2v) is 5.30. The van der Waals surface area contributed by atoms with Crippen molar-refractivity contribution >= 4 is 38.9 Å². The zero-order chi connectivity index (χ0) is 13.1. The molecule has 6 heteroatoms. The molecule has 0 unspecified atom stereocenters. The number of aromatic carboxylic acids is 1. The van der Waals surface area contributed by atoms with Crippen molar-refractivity contribution in [1.29, 1.82) is 0 Å². The third-order valence-electron chi connectivity index (χ3n) is 2.36. The van der Waals surface area contributed by atoms with Crippen LogP contribution in [0.2, 0.25) is 0 Å². The van der Waals surface area contributed by atoms with Crippen molar-refractivity contribution in [2.75, 3.05) is 5.32 Å². The van der Waals surface area contributed by atoms with Crippen molar-refractivity contribution in [3.63, 3.8) is 0 Å². The van der Waals surface area contributed by atoms with Crippen LogP contribution < -0.4 is 5.32 Å². The summed E-state index contributed by atoms with van der Waals surface area (Å²) in [4.78, 5) is 11.2. The molecule has 2 N–H and O–H groups in total. The van der Waals surface area contributed by atoms with E-state index in [4.69, 9.17) is 5.11 Å². The maximum Gasteiger partial charge on any atom is 0.346 e. The SMILES string of the molecule is O=C(O)c1sccc1CNc1c(F)cccc1Br. The number of carboxylic acids is 1. The fourth-order valence-electron chi connectivity index (χ4n) is 1.51. The largest absolute Gasteiger partial charge is 0.477 e. The second-order valence-electron chi connectivity index (χ2n) is 3.53. The third-order valence-corrected chi connectivity index (χ3v) is 3.96. The molecular weight excluding hydrogens is 321 g/mol. The van der Waals surface area contributed by atoms with Crippen molar-refractivity contribution in [2.24, 2.45) is 0 Å². The van der Waals surface area contributed by atoms with Gasteiger partial charge in [-0.25, -0.2) is 9.18 Å². The van der Waals surface area contributed by atoms with E-state index in [-0.39, 0.29) is 17.2 Å². The number of benzene rings is 1. The van der Waals surface area contributed by atoms with Gasteiger partial charge in [-0.1, -0.05) is 6.07 Å². The van der Waals surface area contributed by atoms with Crippen LogP contribution in [-0.2, 0) is 6.54 Å². The highest BCUT2D eigenvalue weighted by Gasteiger charge is 2.12. The molecule has 0 saturated heterocycles. The molecule has 0 amide bonds. The lowest BCUT2D eigenvalue weighted by molar-refractivity contribution is 0.0701. The van der Waals surface area contributed by atoms with E-state index in [1.165, 1.54) is 6.07 Å². The van der Waals surface area contributed by atoms with E-state index < -0.39 is 5.97 Å². The van der Waals surface area contributed by atoms with Gasteiger partial charge >= 0.3 is 5.97 Å². The molecule has 0 spiro atoms. The van der Waals surface area contributed by atoms with Crippen LogP contribution in [0.4, 0.5) is 10.1 Å². The summed E-state index contributed by atoms with van der Waals surface area (Å²) in [6.07, 6.45) is 0. The molecule has 0 aliphatic heterocycles. The first kappa shape index (κ1) is 13.0. The monoisotopic (exact) mass is 329 g/mol. The zero-order valence-electron chi connectivity index (χ0n) is 9.11. The van der Waals surface area contributed by atoms with Crippen LogP contribution in [0.1, 0.15) is 15.2 Å². The number of thiophene rings is 1. The number of rotatable bonds is 4. The zero-order valence-corrected chi connectivity index (χ0v) is 11.5. The molecule has 0 aliphatic carbocycles. The van der Waals surface area contributed by atoms with Crippen molar-refractivity contribution in [2.45, 2.75) is 6.54 Å². The van der Waals surface area contributed by atoms with Gasteiger partial charge in [-0.3, -0.25) is 0 Å². The average Bonchev–Trinajstić information content (AvgIpc) is 2.76. The van der Waals surface area contributed by atoms with E-state index in [1.54, 1.807) is 23.6 Å². The van der Waals surface area contributed by atoms with Crippen LogP contribution in [0.3, 0.4) is 0 Å². The summed E-state index contributed by atoms with van der Waals surface area (Å²) in [5.74, 6) is -1.34. The summed E-state index contributed by atoms with van der Waals surface area (Å²) < 4.78 is 14.1. The van der Waals surface area contributed by atoms with Crippen LogP contribution in [0, 0.1) is 5.82 Å².